The summed E-state index contributed by atoms with van der Waals surface area (Å²) in [4.78, 5) is 14.4. The van der Waals surface area contributed by atoms with Crippen molar-refractivity contribution in [2.24, 2.45) is 17.3 Å². The number of nitrogens with zero attached hydrogens (tertiary/aromatic N) is 1. The number of rotatable bonds is 3. The van der Waals surface area contributed by atoms with Crippen molar-refractivity contribution in [1.82, 2.24) is 4.90 Å². The van der Waals surface area contributed by atoms with Gasteiger partial charge < -0.3 is 10.0 Å². The lowest BCUT2D eigenvalue weighted by molar-refractivity contribution is -0.132. The smallest absolute Gasteiger partial charge is 0.222 e. The normalized spacial score (nSPS) is 32.3. The summed E-state index contributed by atoms with van der Waals surface area (Å²) in [6.07, 6.45) is 6.41. The number of amides is 1. The Morgan fingerprint density at radius 3 is 2.68 bits per heavy atom. The predicted octanol–water partition coefficient (Wildman–Crippen LogP) is 2.82. The molecule has 3 unspecified atom stereocenters. The molecule has 0 spiro atoms. The molecule has 1 N–H and O–H groups in total. The summed E-state index contributed by atoms with van der Waals surface area (Å²) in [5.41, 5.74) is 0.317. The minimum absolute atomic E-state index is 0.281. The van der Waals surface area contributed by atoms with Gasteiger partial charge in [-0.25, -0.2) is 0 Å². The molecule has 2 rings (SSSR count). The van der Waals surface area contributed by atoms with Gasteiger partial charge in [0.15, 0.2) is 0 Å². The fourth-order valence-electron chi connectivity index (χ4n) is 3.69. The van der Waals surface area contributed by atoms with Gasteiger partial charge in [-0.1, -0.05) is 26.7 Å². The van der Waals surface area contributed by atoms with Gasteiger partial charge in [-0.2, -0.15) is 0 Å². The van der Waals surface area contributed by atoms with Crippen molar-refractivity contribution in [3.05, 3.63) is 0 Å². The Bertz CT molecular complexity index is 325. The summed E-state index contributed by atoms with van der Waals surface area (Å²) >= 11 is 0. The maximum atomic E-state index is 12.4. The topological polar surface area (TPSA) is 40.5 Å². The molecule has 0 bridgehead atoms. The summed E-state index contributed by atoms with van der Waals surface area (Å²) in [7, 11) is 0. The zero-order valence-electron chi connectivity index (χ0n) is 12.7. The van der Waals surface area contributed by atoms with Crippen LogP contribution >= 0.6 is 0 Å². The number of carbonyl (C=O) groups is 1. The maximum absolute atomic E-state index is 12.4. The minimum atomic E-state index is -0.288. The Labute approximate surface area is 117 Å². The molecule has 3 nitrogen and oxygen atoms in total. The predicted molar refractivity (Wildman–Crippen MR) is 76.7 cm³/mol. The van der Waals surface area contributed by atoms with E-state index in [1.54, 1.807) is 0 Å². The van der Waals surface area contributed by atoms with Crippen LogP contribution in [0.1, 0.15) is 59.3 Å². The van der Waals surface area contributed by atoms with Gasteiger partial charge >= 0.3 is 0 Å². The molecule has 1 saturated carbocycles. The second-order valence-corrected chi connectivity index (χ2v) is 7.26. The molecule has 0 radical (unpaired) electrons. The standard InChI is InChI=1S/C16H29NO2/c1-12(18)13-7-9-17(11-13)15(19)10-14-6-4-5-8-16(14,2)3/h12-14,18H,4-11H2,1-3H3. The minimum Gasteiger partial charge on any atom is -0.393 e. The van der Waals surface area contributed by atoms with E-state index in [1.165, 1.54) is 25.7 Å². The lowest BCUT2D eigenvalue weighted by Gasteiger charge is -2.39. The Balaban J connectivity index is 1.87. The van der Waals surface area contributed by atoms with Crippen LogP contribution in [0.15, 0.2) is 0 Å². The van der Waals surface area contributed by atoms with Gasteiger partial charge in [0.1, 0.15) is 0 Å². The molecule has 19 heavy (non-hydrogen) atoms. The van der Waals surface area contributed by atoms with Crippen molar-refractivity contribution in [3.63, 3.8) is 0 Å². The number of aliphatic hydroxyl groups excluding tert-OH is 1. The van der Waals surface area contributed by atoms with E-state index in [0.717, 1.165) is 19.5 Å². The molecule has 3 heteroatoms. The van der Waals surface area contributed by atoms with E-state index < -0.39 is 0 Å². The summed E-state index contributed by atoms with van der Waals surface area (Å²) < 4.78 is 0. The Hall–Kier alpha value is -0.570. The largest absolute Gasteiger partial charge is 0.393 e. The molecule has 1 saturated heterocycles. The third-order valence-electron chi connectivity index (χ3n) is 5.41. The highest BCUT2D eigenvalue weighted by Crippen LogP contribution is 2.42. The van der Waals surface area contributed by atoms with E-state index in [4.69, 9.17) is 0 Å². The van der Waals surface area contributed by atoms with Crippen LogP contribution < -0.4 is 0 Å². The van der Waals surface area contributed by atoms with Crippen molar-refractivity contribution in [2.75, 3.05) is 13.1 Å². The van der Waals surface area contributed by atoms with Crippen LogP contribution in [0, 0.1) is 17.3 Å². The van der Waals surface area contributed by atoms with Gasteiger partial charge in [-0.05, 0) is 37.5 Å². The number of aliphatic hydroxyl groups is 1. The van der Waals surface area contributed by atoms with E-state index in [9.17, 15) is 9.90 Å². The van der Waals surface area contributed by atoms with Crippen molar-refractivity contribution in [2.45, 2.75) is 65.4 Å². The molecule has 2 fully saturated rings. The highest BCUT2D eigenvalue weighted by atomic mass is 16.3. The zero-order chi connectivity index (χ0) is 14.0. The van der Waals surface area contributed by atoms with Crippen molar-refractivity contribution in [1.29, 1.82) is 0 Å². The Morgan fingerprint density at radius 1 is 1.37 bits per heavy atom. The summed E-state index contributed by atoms with van der Waals surface area (Å²) in [5, 5.41) is 9.62. The van der Waals surface area contributed by atoms with E-state index in [0.29, 0.717) is 23.7 Å². The maximum Gasteiger partial charge on any atom is 0.222 e. The van der Waals surface area contributed by atoms with Gasteiger partial charge in [-0.3, -0.25) is 4.79 Å². The molecular weight excluding hydrogens is 238 g/mol. The second-order valence-electron chi connectivity index (χ2n) is 7.26. The lowest BCUT2D eigenvalue weighted by atomic mass is 9.67. The van der Waals surface area contributed by atoms with Gasteiger partial charge in [0.05, 0.1) is 6.10 Å². The van der Waals surface area contributed by atoms with Crippen LogP contribution in [-0.4, -0.2) is 35.1 Å². The highest BCUT2D eigenvalue weighted by molar-refractivity contribution is 5.76. The quantitative estimate of drug-likeness (QED) is 0.854. The van der Waals surface area contributed by atoms with E-state index >= 15 is 0 Å². The van der Waals surface area contributed by atoms with Crippen LogP contribution in [0.2, 0.25) is 0 Å². The van der Waals surface area contributed by atoms with Gasteiger partial charge in [-0.15, -0.1) is 0 Å². The van der Waals surface area contributed by atoms with E-state index in [2.05, 4.69) is 13.8 Å². The fourth-order valence-corrected chi connectivity index (χ4v) is 3.69. The van der Waals surface area contributed by atoms with Crippen molar-refractivity contribution >= 4 is 5.91 Å². The Kier molecular flexibility index (Phi) is 4.54. The van der Waals surface area contributed by atoms with Crippen molar-refractivity contribution in [3.8, 4) is 0 Å². The highest BCUT2D eigenvalue weighted by Gasteiger charge is 2.36. The second kappa shape index (κ2) is 5.82. The Morgan fingerprint density at radius 2 is 2.11 bits per heavy atom. The average Bonchev–Trinajstić information content (AvgIpc) is 2.81. The van der Waals surface area contributed by atoms with Gasteiger partial charge in [0, 0.05) is 25.4 Å². The number of hydrogen-bond acceptors (Lipinski definition) is 2. The first-order valence-electron chi connectivity index (χ1n) is 7.86. The molecule has 0 aromatic heterocycles. The molecule has 3 atom stereocenters. The van der Waals surface area contributed by atoms with E-state index in [1.807, 2.05) is 11.8 Å². The molecule has 1 aliphatic carbocycles. The zero-order valence-corrected chi connectivity index (χ0v) is 12.7. The molecule has 1 aliphatic heterocycles. The number of likely N-dealkylation sites (tertiary alicyclic amines) is 1. The third kappa shape index (κ3) is 3.50. The number of carbonyl (C=O) groups excluding carboxylic acids is 1. The SMILES string of the molecule is CC(O)C1CCN(C(=O)CC2CCCCC2(C)C)C1. The fraction of sp³-hybridized carbons (Fsp3) is 0.938. The van der Waals surface area contributed by atoms with Crippen LogP contribution in [0.25, 0.3) is 0 Å². The van der Waals surface area contributed by atoms with Crippen LogP contribution in [0.5, 0.6) is 0 Å². The third-order valence-corrected chi connectivity index (χ3v) is 5.41. The molecular formula is C16H29NO2. The van der Waals surface area contributed by atoms with Crippen LogP contribution in [0.3, 0.4) is 0 Å². The van der Waals surface area contributed by atoms with Gasteiger partial charge in [0.25, 0.3) is 0 Å². The first-order chi connectivity index (χ1) is 8.90. The van der Waals surface area contributed by atoms with E-state index in [-0.39, 0.29) is 12.0 Å². The van der Waals surface area contributed by atoms with Crippen LogP contribution in [0.4, 0.5) is 0 Å². The monoisotopic (exact) mass is 267 g/mol. The first kappa shape index (κ1) is 14.8. The van der Waals surface area contributed by atoms with Crippen LogP contribution in [-0.2, 0) is 4.79 Å². The average molecular weight is 267 g/mol. The summed E-state index contributed by atoms with van der Waals surface area (Å²) in [6.45, 7) is 8.05. The molecule has 110 valence electrons. The summed E-state index contributed by atoms with van der Waals surface area (Å²) in [5.74, 6) is 1.13. The molecule has 1 amide bonds. The summed E-state index contributed by atoms with van der Waals surface area (Å²) in [6, 6.07) is 0. The van der Waals surface area contributed by atoms with Crippen molar-refractivity contribution < 1.29 is 9.90 Å². The number of hydrogen-bond donors (Lipinski definition) is 1. The van der Waals surface area contributed by atoms with Gasteiger partial charge in [0.2, 0.25) is 5.91 Å². The first-order valence-corrected chi connectivity index (χ1v) is 7.86. The molecule has 2 aliphatic rings. The molecule has 0 aromatic rings. The molecule has 0 aromatic carbocycles. The molecule has 1 heterocycles. The lowest BCUT2D eigenvalue weighted by Crippen LogP contribution is -2.36.